The topological polar surface area (TPSA) is 51.1 Å². The second-order valence-corrected chi connectivity index (χ2v) is 8.06. The third kappa shape index (κ3) is 2.86. The number of benzene rings is 1. The third-order valence-corrected chi connectivity index (χ3v) is 6.80. The molecule has 3 heterocycles. The number of piperidine rings is 1. The number of nitrogens with zero attached hydrogens (tertiary/aromatic N) is 4. The standard InChI is InChI=1S/C17H20N4OS2/c1-3-14-19-20-16(24-14)11-7-9-21(10-8-11)17-18-15-12(22-2)5-4-6-13(15)23-17/h4-6,11H,3,7-10H2,1-2H3. The predicted octanol–water partition coefficient (Wildman–Crippen LogP) is 4.10. The number of rotatable bonds is 4. The Labute approximate surface area is 149 Å². The van der Waals surface area contributed by atoms with Crippen LogP contribution in [0.2, 0.25) is 0 Å². The summed E-state index contributed by atoms with van der Waals surface area (Å²) in [5.41, 5.74) is 0.971. The van der Waals surface area contributed by atoms with Gasteiger partial charge in [0.15, 0.2) is 5.13 Å². The van der Waals surface area contributed by atoms with Crippen molar-refractivity contribution in [2.75, 3.05) is 25.1 Å². The average Bonchev–Trinajstić information content (AvgIpc) is 3.28. The SMILES string of the molecule is CCc1nnc(C2CCN(c3nc4c(OC)cccc4s3)CC2)s1. The van der Waals surface area contributed by atoms with E-state index in [1.54, 1.807) is 29.8 Å². The molecule has 0 radical (unpaired) electrons. The average molecular weight is 361 g/mol. The zero-order valence-electron chi connectivity index (χ0n) is 13.9. The Morgan fingerprint density at radius 3 is 2.75 bits per heavy atom. The van der Waals surface area contributed by atoms with Crippen LogP contribution in [0.15, 0.2) is 18.2 Å². The fourth-order valence-corrected chi connectivity index (χ4v) is 5.09. The fourth-order valence-electron chi connectivity index (χ4n) is 3.10. The van der Waals surface area contributed by atoms with Gasteiger partial charge in [0, 0.05) is 19.0 Å². The summed E-state index contributed by atoms with van der Waals surface area (Å²) >= 11 is 3.52. The summed E-state index contributed by atoms with van der Waals surface area (Å²) in [5.74, 6) is 1.40. The first-order chi connectivity index (χ1) is 11.8. The molecule has 0 N–H and O–H groups in total. The van der Waals surface area contributed by atoms with Crippen LogP contribution in [-0.4, -0.2) is 35.4 Å². The highest BCUT2D eigenvalue weighted by Gasteiger charge is 2.25. The van der Waals surface area contributed by atoms with Crippen LogP contribution in [-0.2, 0) is 6.42 Å². The van der Waals surface area contributed by atoms with Gasteiger partial charge >= 0.3 is 0 Å². The van der Waals surface area contributed by atoms with Crippen molar-refractivity contribution in [2.45, 2.75) is 32.1 Å². The van der Waals surface area contributed by atoms with E-state index in [-0.39, 0.29) is 0 Å². The smallest absolute Gasteiger partial charge is 0.186 e. The van der Waals surface area contributed by atoms with E-state index in [1.165, 1.54) is 9.71 Å². The molecule has 1 fully saturated rings. The molecular weight excluding hydrogens is 340 g/mol. The molecule has 126 valence electrons. The molecule has 5 nitrogen and oxygen atoms in total. The van der Waals surface area contributed by atoms with E-state index in [9.17, 15) is 0 Å². The Balaban J connectivity index is 1.49. The fraction of sp³-hybridized carbons (Fsp3) is 0.471. The molecule has 0 spiro atoms. The molecule has 0 aliphatic carbocycles. The highest BCUT2D eigenvalue weighted by Crippen LogP contribution is 2.37. The first-order valence-electron chi connectivity index (χ1n) is 8.29. The van der Waals surface area contributed by atoms with Gasteiger partial charge in [-0.1, -0.05) is 24.3 Å². The predicted molar refractivity (Wildman–Crippen MR) is 99.6 cm³/mol. The Kier molecular flexibility index (Phi) is 4.37. The number of thiazole rings is 1. The number of hydrogen-bond acceptors (Lipinski definition) is 7. The molecule has 0 unspecified atom stereocenters. The molecule has 0 saturated carbocycles. The molecule has 3 aromatic rings. The van der Waals surface area contributed by atoms with Gasteiger partial charge in [0.25, 0.3) is 0 Å². The number of fused-ring (bicyclic) bond motifs is 1. The van der Waals surface area contributed by atoms with Crippen LogP contribution in [0.5, 0.6) is 5.75 Å². The molecule has 4 rings (SSSR count). The molecule has 1 aromatic carbocycles. The number of ether oxygens (including phenoxy) is 1. The third-order valence-electron chi connectivity index (χ3n) is 4.49. The molecule has 0 bridgehead atoms. The molecule has 0 atom stereocenters. The molecular formula is C17H20N4OS2. The van der Waals surface area contributed by atoms with Crippen molar-refractivity contribution in [3.05, 3.63) is 28.2 Å². The van der Waals surface area contributed by atoms with Gasteiger partial charge < -0.3 is 9.64 Å². The summed E-state index contributed by atoms with van der Waals surface area (Å²) in [6.07, 6.45) is 3.21. The van der Waals surface area contributed by atoms with E-state index in [1.807, 2.05) is 12.1 Å². The maximum Gasteiger partial charge on any atom is 0.186 e. The van der Waals surface area contributed by atoms with E-state index in [0.717, 1.165) is 53.8 Å². The lowest BCUT2D eigenvalue weighted by Gasteiger charge is -2.30. The number of anilines is 1. The van der Waals surface area contributed by atoms with Gasteiger partial charge in [-0.3, -0.25) is 0 Å². The number of aryl methyl sites for hydroxylation is 1. The first-order valence-corrected chi connectivity index (χ1v) is 9.92. The lowest BCUT2D eigenvalue weighted by Crippen LogP contribution is -2.32. The number of methoxy groups -OCH3 is 1. The molecule has 1 aliphatic heterocycles. The number of hydrogen-bond donors (Lipinski definition) is 0. The normalized spacial score (nSPS) is 16.0. The van der Waals surface area contributed by atoms with Crippen molar-refractivity contribution < 1.29 is 4.74 Å². The van der Waals surface area contributed by atoms with Gasteiger partial charge in [0.2, 0.25) is 0 Å². The van der Waals surface area contributed by atoms with Crippen molar-refractivity contribution in [3.8, 4) is 5.75 Å². The van der Waals surface area contributed by atoms with Crippen molar-refractivity contribution >= 4 is 38.0 Å². The summed E-state index contributed by atoms with van der Waals surface area (Å²) in [6, 6.07) is 6.11. The van der Waals surface area contributed by atoms with Crippen molar-refractivity contribution in [2.24, 2.45) is 0 Å². The van der Waals surface area contributed by atoms with E-state index < -0.39 is 0 Å². The maximum absolute atomic E-state index is 5.43. The molecule has 0 amide bonds. The quantitative estimate of drug-likeness (QED) is 0.701. The van der Waals surface area contributed by atoms with Gasteiger partial charge in [-0.25, -0.2) is 4.98 Å². The largest absolute Gasteiger partial charge is 0.494 e. The van der Waals surface area contributed by atoms with Crippen molar-refractivity contribution in [1.29, 1.82) is 0 Å². The van der Waals surface area contributed by atoms with E-state index in [2.05, 4.69) is 28.1 Å². The van der Waals surface area contributed by atoms with Crippen LogP contribution in [0, 0.1) is 0 Å². The highest BCUT2D eigenvalue weighted by atomic mass is 32.1. The van der Waals surface area contributed by atoms with Crippen LogP contribution >= 0.6 is 22.7 Å². The molecule has 24 heavy (non-hydrogen) atoms. The summed E-state index contributed by atoms with van der Waals surface area (Å²) < 4.78 is 6.61. The van der Waals surface area contributed by atoms with Crippen molar-refractivity contribution in [1.82, 2.24) is 15.2 Å². The summed E-state index contributed by atoms with van der Waals surface area (Å²) in [6.45, 7) is 4.18. The summed E-state index contributed by atoms with van der Waals surface area (Å²) in [7, 11) is 1.70. The minimum atomic E-state index is 0.544. The summed E-state index contributed by atoms with van der Waals surface area (Å²) in [4.78, 5) is 7.21. The molecule has 1 aliphatic rings. The van der Waals surface area contributed by atoms with Crippen molar-refractivity contribution in [3.63, 3.8) is 0 Å². The highest BCUT2D eigenvalue weighted by molar-refractivity contribution is 7.22. The zero-order chi connectivity index (χ0) is 16.5. The van der Waals surface area contributed by atoms with Gasteiger partial charge in [-0.05, 0) is 31.4 Å². The number of aromatic nitrogens is 3. The number of para-hydroxylation sites is 1. The summed E-state index contributed by atoms with van der Waals surface area (Å²) in [5, 5.41) is 12.1. The minimum Gasteiger partial charge on any atom is -0.494 e. The van der Waals surface area contributed by atoms with Crippen LogP contribution < -0.4 is 9.64 Å². The van der Waals surface area contributed by atoms with Crippen LogP contribution in [0.3, 0.4) is 0 Å². The minimum absolute atomic E-state index is 0.544. The van der Waals surface area contributed by atoms with Gasteiger partial charge in [0.1, 0.15) is 21.3 Å². The molecule has 1 saturated heterocycles. The first kappa shape index (κ1) is 15.8. The van der Waals surface area contributed by atoms with E-state index in [4.69, 9.17) is 9.72 Å². The van der Waals surface area contributed by atoms with E-state index >= 15 is 0 Å². The Hall–Kier alpha value is -1.73. The van der Waals surface area contributed by atoms with Crippen LogP contribution in [0.25, 0.3) is 10.2 Å². The second-order valence-electron chi connectivity index (χ2n) is 5.95. The monoisotopic (exact) mass is 360 g/mol. The lowest BCUT2D eigenvalue weighted by atomic mass is 9.98. The second kappa shape index (κ2) is 6.64. The van der Waals surface area contributed by atoms with Gasteiger partial charge in [-0.2, -0.15) is 0 Å². The lowest BCUT2D eigenvalue weighted by molar-refractivity contribution is 0.419. The zero-order valence-corrected chi connectivity index (χ0v) is 15.5. The molecule has 2 aromatic heterocycles. The van der Waals surface area contributed by atoms with E-state index in [0.29, 0.717) is 5.92 Å². The Morgan fingerprint density at radius 2 is 2.04 bits per heavy atom. The maximum atomic E-state index is 5.43. The molecule has 7 heteroatoms. The van der Waals surface area contributed by atoms with Crippen LogP contribution in [0.4, 0.5) is 5.13 Å². The van der Waals surface area contributed by atoms with Crippen LogP contribution in [0.1, 0.15) is 35.7 Å². The van der Waals surface area contributed by atoms with Gasteiger partial charge in [0.05, 0.1) is 11.8 Å². The Morgan fingerprint density at radius 1 is 1.21 bits per heavy atom. The van der Waals surface area contributed by atoms with Gasteiger partial charge in [-0.15, -0.1) is 21.5 Å². The Bertz CT molecular complexity index is 836.